The summed E-state index contributed by atoms with van der Waals surface area (Å²) >= 11 is 3.37. The molecule has 0 aliphatic carbocycles. The Morgan fingerprint density at radius 1 is 1.27 bits per heavy atom. The normalized spacial score (nSPS) is 11.8. The number of carbonyl (C=O) groups excluding carboxylic acids is 1. The molecule has 0 aliphatic heterocycles. The summed E-state index contributed by atoms with van der Waals surface area (Å²) in [6.07, 6.45) is -0.485. The average Bonchev–Trinajstić information content (AvgIpc) is 3.10. The standard InChI is InChI=1S/C19H16BrFN2O3/c1-2-16(25-17-6-4-3-5-14(17)21)19(24)22-18-11-15(23-26-18)12-7-9-13(20)10-8-12/h3-11,16H,2H2,1H3,(H,22,24)/t16-/m0/s1. The van der Waals surface area contributed by atoms with E-state index in [9.17, 15) is 9.18 Å². The minimum absolute atomic E-state index is 0.0302. The molecule has 0 bridgehead atoms. The molecule has 2 aromatic carbocycles. The second-order valence-corrected chi connectivity index (χ2v) is 6.43. The van der Waals surface area contributed by atoms with Gasteiger partial charge in [0.1, 0.15) is 5.69 Å². The van der Waals surface area contributed by atoms with Crippen molar-refractivity contribution in [3.05, 3.63) is 64.9 Å². The van der Waals surface area contributed by atoms with Gasteiger partial charge < -0.3 is 9.26 Å². The lowest BCUT2D eigenvalue weighted by atomic mass is 10.1. The minimum atomic E-state index is -0.854. The second-order valence-electron chi connectivity index (χ2n) is 5.52. The molecule has 0 saturated heterocycles. The van der Waals surface area contributed by atoms with Crippen molar-refractivity contribution in [3.8, 4) is 17.0 Å². The van der Waals surface area contributed by atoms with Crippen molar-refractivity contribution in [1.82, 2.24) is 5.16 Å². The van der Waals surface area contributed by atoms with Crippen molar-refractivity contribution in [3.63, 3.8) is 0 Å². The Balaban J connectivity index is 1.68. The lowest BCUT2D eigenvalue weighted by Crippen LogP contribution is -2.32. The van der Waals surface area contributed by atoms with Crippen molar-refractivity contribution < 1.29 is 18.4 Å². The van der Waals surface area contributed by atoms with Crippen LogP contribution in [0.25, 0.3) is 11.3 Å². The molecule has 1 N–H and O–H groups in total. The largest absolute Gasteiger partial charge is 0.478 e. The fraction of sp³-hybridized carbons (Fsp3) is 0.158. The van der Waals surface area contributed by atoms with E-state index < -0.39 is 17.8 Å². The van der Waals surface area contributed by atoms with Crippen LogP contribution in [-0.4, -0.2) is 17.2 Å². The first-order valence-electron chi connectivity index (χ1n) is 8.01. The highest BCUT2D eigenvalue weighted by molar-refractivity contribution is 9.10. The molecule has 26 heavy (non-hydrogen) atoms. The molecule has 1 amide bonds. The van der Waals surface area contributed by atoms with Crippen molar-refractivity contribution in [2.75, 3.05) is 5.32 Å². The molecular formula is C19H16BrFN2O3. The maximum absolute atomic E-state index is 13.7. The lowest BCUT2D eigenvalue weighted by Gasteiger charge is -2.16. The molecule has 3 aromatic rings. The Bertz CT molecular complexity index is 896. The number of anilines is 1. The molecule has 0 saturated carbocycles. The average molecular weight is 419 g/mol. The fourth-order valence-electron chi connectivity index (χ4n) is 2.31. The summed E-state index contributed by atoms with van der Waals surface area (Å²) < 4.78 is 25.3. The number of aromatic nitrogens is 1. The van der Waals surface area contributed by atoms with Gasteiger partial charge >= 0.3 is 0 Å². The van der Waals surface area contributed by atoms with Gasteiger partial charge in [-0.05, 0) is 30.7 Å². The second kappa shape index (κ2) is 8.14. The number of halogens is 2. The Kier molecular flexibility index (Phi) is 5.68. The van der Waals surface area contributed by atoms with E-state index >= 15 is 0 Å². The summed E-state index contributed by atoms with van der Waals surface area (Å²) in [6, 6.07) is 15.1. The highest BCUT2D eigenvalue weighted by atomic mass is 79.9. The van der Waals surface area contributed by atoms with E-state index in [4.69, 9.17) is 9.26 Å². The molecule has 134 valence electrons. The number of para-hydroxylation sites is 1. The number of ether oxygens (including phenoxy) is 1. The number of amides is 1. The number of benzene rings is 2. The van der Waals surface area contributed by atoms with Gasteiger partial charge in [0.15, 0.2) is 17.7 Å². The summed E-state index contributed by atoms with van der Waals surface area (Å²) in [5.74, 6) is -0.726. The number of hydrogen-bond donors (Lipinski definition) is 1. The van der Waals surface area contributed by atoms with Crippen molar-refractivity contribution in [1.29, 1.82) is 0 Å². The molecule has 1 aromatic heterocycles. The number of rotatable bonds is 6. The van der Waals surface area contributed by atoms with Gasteiger partial charge in [0.25, 0.3) is 5.91 Å². The molecule has 0 fully saturated rings. The summed E-state index contributed by atoms with van der Waals surface area (Å²) in [5.41, 5.74) is 1.45. The zero-order valence-corrected chi connectivity index (χ0v) is 15.5. The number of nitrogens with zero attached hydrogens (tertiary/aromatic N) is 1. The van der Waals surface area contributed by atoms with Crippen LogP contribution in [0, 0.1) is 5.82 Å². The Hall–Kier alpha value is -2.67. The topological polar surface area (TPSA) is 64.4 Å². The van der Waals surface area contributed by atoms with Gasteiger partial charge in [0, 0.05) is 16.1 Å². The van der Waals surface area contributed by atoms with Gasteiger partial charge in [-0.3, -0.25) is 10.1 Å². The SMILES string of the molecule is CC[C@H](Oc1ccccc1F)C(=O)Nc1cc(-c2ccc(Br)cc2)no1. The fourth-order valence-corrected chi connectivity index (χ4v) is 2.57. The van der Waals surface area contributed by atoms with Crippen molar-refractivity contribution >= 4 is 27.7 Å². The Labute approximate surface area is 158 Å². The van der Waals surface area contributed by atoms with Crippen LogP contribution in [-0.2, 0) is 4.79 Å². The predicted molar refractivity (Wildman–Crippen MR) is 99.4 cm³/mol. The summed E-state index contributed by atoms with van der Waals surface area (Å²) in [7, 11) is 0. The molecule has 7 heteroatoms. The Morgan fingerprint density at radius 2 is 2.00 bits per heavy atom. The predicted octanol–water partition coefficient (Wildman–Crippen LogP) is 5.04. The van der Waals surface area contributed by atoms with E-state index in [0.29, 0.717) is 12.1 Å². The molecule has 1 atom stereocenters. The number of carbonyl (C=O) groups is 1. The van der Waals surface area contributed by atoms with E-state index in [0.717, 1.165) is 10.0 Å². The monoisotopic (exact) mass is 418 g/mol. The Morgan fingerprint density at radius 3 is 2.69 bits per heavy atom. The molecule has 1 heterocycles. The van der Waals surface area contributed by atoms with Crippen LogP contribution in [0.2, 0.25) is 0 Å². The van der Waals surface area contributed by atoms with Crippen LogP contribution in [0.4, 0.5) is 10.3 Å². The summed E-state index contributed by atoms with van der Waals surface area (Å²) in [5, 5.41) is 6.56. The molecule has 5 nitrogen and oxygen atoms in total. The zero-order chi connectivity index (χ0) is 18.5. The summed E-state index contributed by atoms with van der Waals surface area (Å²) in [4.78, 5) is 12.4. The zero-order valence-electron chi connectivity index (χ0n) is 13.9. The maximum Gasteiger partial charge on any atom is 0.267 e. The quantitative estimate of drug-likeness (QED) is 0.608. The van der Waals surface area contributed by atoms with Crippen LogP contribution in [0.3, 0.4) is 0 Å². The molecule has 0 spiro atoms. The smallest absolute Gasteiger partial charge is 0.267 e. The lowest BCUT2D eigenvalue weighted by molar-refractivity contribution is -0.123. The van der Waals surface area contributed by atoms with Gasteiger partial charge in [-0.25, -0.2) is 4.39 Å². The number of hydrogen-bond acceptors (Lipinski definition) is 4. The van der Waals surface area contributed by atoms with Gasteiger partial charge in [-0.15, -0.1) is 0 Å². The van der Waals surface area contributed by atoms with E-state index in [1.165, 1.54) is 12.1 Å². The first-order valence-corrected chi connectivity index (χ1v) is 8.81. The van der Waals surface area contributed by atoms with E-state index in [1.807, 2.05) is 24.3 Å². The first kappa shape index (κ1) is 18.1. The maximum atomic E-state index is 13.7. The molecular weight excluding hydrogens is 403 g/mol. The van der Waals surface area contributed by atoms with Crippen LogP contribution in [0.15, 0.2) is 63.6 Å². The van der Waals surface area contributed by atoms with E-state index in [1.54, 1.807) is 25.1 Å². The van der Waals surface area contributed by atoms with Crippen LogP contribution in [0.1, 0.15) is 13.3 Å². The van der Waals surface area contributed by atoms with Crippen LogP contribution in [0.5, 0.6) is 5.75 Å². The third-order valence-corrected chi connectivity index (χ3v) is 4.19. The third-order valence-electron chi connectivity index (χ3n) is 3.67. The highest BCUT2D eigenvalue weighted by Gasteiger charge is 2.21. The molecule has 3 rings (SSSR count). The first-order chi connectivity index (χ1) is 12.6. The minimum Gasteiger partial charge on any atom is -0.478 e. The van der Waals surface area contributed by atoms with Gasteiger partial charge in [0.2, 0.25) is 5.88 Å². The van der Waals surface area contributed by atoms with E-state index in [2.05, 4.69) is 26.4 Å². The number of nitrogens with one attached hydrogen (secondary N) is 1. The van der Waals surface area contributed by atoms with Gasteiger partial charge in [0.05, 0.1) is 0 Å². The highest BCUT2D eigenvalue weighted by Crippen LogP contribution is 2.24. The molecule has 0 aliphatic rings. The third kappa shape index (κ3) is 4.29. The van der Waals surface area contributed by atoms with Gasteiger partial charge in [-0.2, -0.15) is 0 Å². The molecule has 0 radical (unpaired) electrons. The molecule has 0 unspecified atom stereocenters. The van der Waals surface area contributed by atoms with Crippen molar-refractivity contribution in [2.24, 2.45) is 0 Å². The van der Waals surface area contributed by atoms with E-state index in [-0.39, 0.29) is 11.6 Å². The van der Waals surface area contributed by atoms with Gasteiger partial charge in [-0.1, -0.05) is 52.3 Å². The summed E-state index contributed by atoms with van der Waals surface area (Å²) in [6.45, 7) is 1.78. The van der Waals surface area contributed by atoms with Crippen molar-refractivity contribution in [2.45, 2.75) is 19.4 Å². The van der Waals surface area contributed by atoms with Crippen LogP contribution < -0.4 is 10.1 Å². The van der Waals surface area contributed by atoms with Crippen LogP contribution >= 0.6 is 15.9 Å².